The van der Waals surface area contributed by atoms with Crippen molar-refractivity contribution in [2.24, 2.45) is 0 Å². The Morgan fingerprint density at radius 2 is 1.93 bits per heavy atom. The maximum Gasteiger partial charge on any atom is 0.122 e. The summed E-state index contributed by atoms with van der Waals surface area (Å²) in [6, 6.07) is 3.77. The number of benzene rings is 1. The van der Waals surface area contributed by atoms with Crippen molar-refractivity contribution in [2.75, 3.05) is 19.0 Å². The van der Waals surface area contributed by atoms with E-state index in [-0.39, 0.29) is 6.10 Å². The zero-order valence-electron chi connectivity index (χ0n) is 9.34. The van der Waals surface area contributed by atoms with Gasteiger partial charge >= 0.3 is 0 Å². The summed E-state index contributed by atoms with van der Waals surface area (Å²) in [7, 11) is 3.91. The van der Waals surface area contributed by atoms with Crippen LogP contribution in [0.4, 0.5) is 5.69 Å². The molecule has 0 atom stereocenters. The van der Waals surface area contributed by atoms with Gasteiger partial charge in [-0.1, -0.05) is 11.6 Å². The van der Waals surface area contributed by atoms with Crippen LogP contribution in [0.2, 0.25) is 5.02 Å². The van der Waals surface area contributed by atoms with Gasteiger partial charge in [0.1, 0.15) is 5.75 Å². The van der Waals surface area contributed by atoms with Crippen LogP contribution in [0.25, 0.3) is 0 Å². The van der Waals surface area contributed by atoms with Crippen LogP contribution >= 0.6 is 27.5 Å². The molecule has 15 heavy (non-hydrogen) atoms. The summed E-state index contributed by atoms with van der Waals surface area (Å²) in [5.41, 5.74) is 0.966. The maximum absolute atomic E-state index is 6.16. The number of rotatable bonds is 3. The van der Waals surface area contributed by atoms with Gasteiger partial charge in [0.15, 0.2) is 0 Å². The number of nitrogens with zero attached hydrogens (tertiary/aromatic N) is 1. The van der Waals surface area contributed by atoms with Crippen molar-refractivity contribution in [1.29, 1.82) is 0 Å². The van der Waals surface area contributed by atoms with E-state index in [0.717, 1.165) is 15.9 Å². The number of halogens is 2. The van der Waals surface area contributed by atoms with Crippen LogP contribution in [0, 0.1) is 0 Å². The highest BCUT2D eigenvalue weighted by atomic mass is 79.9. The Labute approximate surface area is 104 Å². The fourth-order valence-electron chi connectivity index (χ4n) is 1.31. The number of ether oxygens (including phenoxy) is 1. The zero-order chi connectivity index (χ0) is 11.6. The minimum atomic E-state index is 0.151. The minimum absolute atomic E-state index is 0.151. The maximum atomic E-state index is 6.16. The lowest BCUT2D eigenvalue weighted by Crippen LogP contribution is -2.11. The van der Waals surface area contributed by atoms with E-state index in [0.29, 0.717) is 5.02 Å². The van der Waals surface area contributed by atoms with Crippen LogP contribution in [0.3, 0.4) is 0 Å². The molecule has 0 N–H and O–H groups in total. The van der Waals surface area contributed by atoms with Crippen molar-refractivity contribution in [2.45, 2.75) is 20.0 Å². The molecule has 0 saturated carbocycles. The lowest BCUT2D eigenvalue weighted by atomic mass is 10.3. The highest BCUT2D eigenvalue weighted by molar-refractivity contribution is 9.10. The second-order valence-corrected chi connectivity index (χ2v) is 5.06. The Balaban J connectivity index is 3.08. The Morgan fingerprint density at radius 3 is 2.33 bits per heavy atom. The van der Waals surface area contributed by atoms with Gasteiger partial charge in [-0.3, -0.25) is 0 Å². The number of anilines is 1. The van der Waals surface area contributed by atoms with E-state index in [1.807, 2.05) is 45.0 Å². The largest absolute Gasteiger partial charge is 0.491 e. The Hall–Kier alpha value is -0.410. The van der Waals surface area contributed by atoms with Gasteiger partial charge in [0.2, 0.25) is 0 Å². The average Bonchev–Trinajstić information content (AvgIpc) is 1.99. The van der Waals surface area contributed by atoms with Crippen LogP contribution in [0.1, 0.15) is 13.8 Å². The molecule has 0 bridgehead atoms. The highest BCUT2D eigenvalue weighted by Crippen LogP contribution is 2.36. The van der Waals surface area contributed by atoms with Crippen molar-refractivity contribution in [3.05, 3.63) is 21.6 Å². The molecule has 0 radical (unpaired) electrons. The first-order valence-corrected chi connectivity index (χ1v) is 5.92. The van der Waals surface area contributed by atoms with Crippen LogP contribution in [-0.4, -0.2) is 20.2 Å². The summed E-state index contributed by atoms with van der Waals surface area (Å²) in [6.45, 7) is 3.98. The van der Waals surface area contributed by atoms with Gasteiger partial charge in [0.25, 0.3) is 0 Å². The molecule has 0 aromatic heterocycles. The monoisotopic (exact) mass is 291 g/mol. The SMILES string of the molecule is CC(C)Oc1cc(Cl)c(N(C)C)c(Br)c1. The molecule has 1 rings (SSSR count). The van der Waals surface area contributed by atoms with E-state index in [1.165, 1.54) is 0 Å². The van der Waals surface area contributed by atoms with Gasteiger partial charge in [0, 0.05) is 24.6 Å². The third-order valence-corrected chi connectivity index (χ3v) is 2.70. The second kappa shape index (κ2) is 5.08. The summed E-state index contributed by atoms with van der Waals surface area (Å²) in [5.74, 6) is 0.785. The molecular formula is C11H15BrClNO. The van der Waals surface area contributed by atoms with Crippen molar-refractivity contribution < 1.29 is 4.74 Å². The molecule has 0 aliphatic carbocycles. The highest BCUT2D eigenvalue weighted by Gasteiger charge is 2.10. The van der Waals surface area contributed by atoms with Crippen molar-refractivity contribution in [3.63, 3.8) is 0 Å². The summed E-state index contributed by atoms with van der Waals surface area (Å²) in [4.78, 5) is 1.96. The Bertz CT molecular complexity index is 329. The molecule has 1 aromatic carbocycles. The van der Waals surface area contributed by atoms with E-state index >= 15 is 0 Å². The molecule has 0 fully saturated rings. The summed E-state index contributed by atoms with van der Waals surface area (Å²) < 4.78 is 6.52. The van der Waals surface area contributed by atoms with Gasteiger partial charge in [-0.15, -0.1) is 0 Å². The standard InChI is InChI=1S/C11H15BrClNO/c1-7(2)15-8-5-9(12)11(14(3)4)10(13)6-8/h5-7H,1-4H3. The fourth-order valence-corrected chi connectivity index (χ4v) is 2.60. The van der Waals surface area contributed by atoms with Crippen LogP contribution in [-0.2, 0) is 0 Å². The molecular weight excluding hydrogens is 277 g/mol. The van der Waals surface area contributed by atoms with E-state index in [4.69, 9.17) is 16.3 Å². The molecule has 0 saturated heterocycles. The lowest BCUT2D eigenvalue weighted by molar-refractivity contribution is 0.242. The van der Waals surface area contributed by atoms with Gasteiger partial charge in [-0.2, -0.15) is 0 Å². The third kappa shape index (κ3) is 3.28. The van der Waals surface area contributed by atoms with E-state index in [9.17, 15) is 0 Å². The minimum Gasteiger partial charge on any atom is -0.491 e. The van der Waals surface area contributed by atoms with Gasteiger partial charge < -0.3 is 9.64 Å². The van der Waals surface area contributed by atoms with Gasteiger partial charge in [-0.05, 0) is 35.8 Å². The summed E-state index contributed by atoms with van der Waals surface area (Å²) in [5, 5.41) is 0.685. The van der Waals surface area contributed by atoms with Gasteiger partial charge in [-0.25, -0.2) is 0 Å². The molecule has 0 unspecified atom stereocenters. The molecule has 0 aliphatic heterocycles. The quantitative estimate of drug-likeness (QED) is 0.836. The van der Waals surface area contributed by atoms with Crippen molar-refractivity contribution in [1.82, 2.24) is 0 Å². The predicted molar refractivity (Wildman–Crippen MR) is 69.2 cm³/mol. The Morgan fingerprint density at radius 1 is 1.33 bits per heavy atom. The second-order valence-electron chi connectivity index (χ2n) is 3.80. The molecule has 1 aromatic rings. The van der Waals surface area contributed by atoms with Crippen LogP contribution < -0.4 is 9.64 Å². The van der Waals surface area contributed by atoms with E-state index in [1.54, 1.807) is 0 Å². The molecule has 0 amide bonds. The lowest BCUT2D eigenvalue weighted by Gasteiger charge is -2.18. The number of hydrogen-bond donors (Lipinski definition) is 0. The third-order valence-electron chi connectivity index (χ3n) is 1.81. The zero-order valence-corrected chi connectivity index (χ0v) is 11.7. The van der Waals surface area contributed by atoms with Crippen LogP contribution in [0.15, 0.2) is 16.6 Å². The normalized spacial score (nSPS) is 10.6. The molecule has 84 valence electrons. The first kappa shape index (κ1) is 12.7. The average molecular weight is 293 g/mol. The molecule has 2 nitrogen and oxygen atoms in total. The Kier molecular flexibility index (Phi) is 4.29. The van der Waals surface area contributed by atoms with Crippen LogP contribution in [0.5, 0.6) is 5.75 Å². The van der Waals surface area contributed by atoms with E-state index in [2.05, 4.69) is 15.9 Å². The van der Waals surface area contributed by atoms with Crippen molar-refractivity contribution in [3.8, 4) is 5.75 Å². The smallest absolute Gasteiger partial charge is 0.122 e. The van der Waals surface area contributed by atoms with E-state index < -0.39 is 0 Å². The van der Waals surface area contributed by atoms with Gasteiger partial charge in [0.05, 0.1) is 16.8 Å². The summed E-state index contributed by atoms with van der Waals surface area (Å²) >= 11 is 9.64. The number of hydrogen-bond acceptors (Lipinski definition) is 2. The molecule has 0 spiro atoms. The molecule has 0 heterocycles. The molecule has 4 heteroatoms. The summed E-state index contributed by atoms with van der Waals surface area (Å²) in [6.07, 6.45) is 0.151. The van der Waals surface area contributed by atoms with Crippen molar-refractivity contribution >= 4 is 33.2 Å². The molecule has 0 aliphatic rings. The topological polar surface area (TPSA) is 12.5 Å². The first-order chi connectivity index (χ1) is 6.91. The first-order valence-electron chi connectivity index (χ1n) is 4.75. The predicted octanol–water partition coefficient (Wildman–Crippen LogP) is 3.96. The fraction of sp³-hybridized carbons (Fsp3) is 0.455.